The molecule has 0 fully saturated rings. The van der Waals surface area contributed by atoms with Gasteiger partial charge in [0.15, 0.2) is 11.5 Å². The van der Waals surface area contributed by atoms with E-state index in [2.05, 4.69) is 4.72 Å². The maximum absolute atomic E-state index is 12.7. The Hall–Kier alpha value is -2.10. The Morgan fingerprint density at radius 1 is 1.12 bits per heavy atom. The molecule has 1 atom stereocenters. The van der Waals surface area contributed by atoms with Gasteiger partial charge in [-0.15, -0.1) is 11.3 Å². The maximum atomic E-state index is 12.7. The van der Waals surface area contributed by atoms with Gasteiger partial charge in [-0.1, -0.05) is 6.07 Å². The average molecular weight is 399 g/mol. The first kappa shape index (κ1) is 20.2. The molecule has 142 valence electrons. The van der Waals surface area contributed by atoms with E-state index in [-0.39, 0.29) is 10.6 Å². The maximum Gasteiger partial charge on any atom is 0.307 e. The summed E-state index contributed by atoms with van der Waals surface area (Å²) in [5.74, 6) is 0.408. The first-order valence-electron chi connectivity index (χ1n) is 7.68. The molecule has 1 heterocycles. The van der Waals surface area contributed by atoms with Crippen molar-refractivity contribution in [2.45, 2.75) is 23.6 Å². The number of esters is 1. The van der Waals surface area contributed by atoms with Gasteiger partial charge in [-0.25, -0.2) is 13.1 Å². The highest BCUT2D eigenvalue weighted by atomic mass is 32.2. The fraction of sp³-hybridized carbons (Fsp3) is 0.353. The lowest BCUT2D eigenvalue weighted by Crippen LogP contribution is -2.30. The van der Waals surface area contributed by atoms with Crippen LogP contribution in [0, 0.1) is 6.92 Å². The number of hydrogen-bond donors (Lipinski definition) is 1. The summed E-state index contributed by atoms with van der Waals surface area (Å²) in [6, 6.07) is 7.42. The van der Waals surface area contributed by atoms with E-state index in [9.17, 15) is 13.2 Å². The van der Waals surface area contributed by atoms with Gasteiger partial charge in [0.05, 0.1) is 33.8 Å². The molecule has 0 aliphatic rings. The number of benzene rings is 1. The van der Waals surface area contributed by atoms with E-state index in [0.29, 0.717) is 17.1 Å². The summed E-state index contributed by atoms with van der Waals surface area (Å²) < 4.78 is 43.3. The van der Waals surface area contributed by atoms with Crippen molar-refractivity contribution >= 4 is 27.3 Å². The van der Waals surface area contributed by atoms with E-state index in [4.69, 9.17) is 14.2 Å². The lowest BCUT2D eigenvalue weighted by Gasteiger charge is -2.19. The van der Waals surface area contributed by atoms with Gasteiger partial charge in [0.2, 0.25) is 0 Å². The monoisotopic (exact) mass is 399 g/mol. The highest BCUT2D eigenvalue weighted by Crippen LogP contribution is 2.32. The van der Waals surface area contributed by atoms with Crippen molar-refractivity contribution in [1.29, 1.82) is 0 Å². The lowest BCUT2D eigenvalue weighted by molar-refractivity contribution is -0.141. The van der Waals surface area contributed by atoms with Crippen molar-refractivity contribution in [1.82, 2.24) is 4.72 Å². The Morgan fingerprint density at radius 2 is 1.81 bits per heavy atom. The number of sulfonamides is 1. The Kier molecular flexibility index (Phi) is 6.63. The summed E-state index contributed by atoms with van der Waals surface area (Å²) in [5, 5.41) is 0. The summed E-state index contributed by atoms with van der Waals surface area (Å²) in [5.41, 5.74) is 0.560. The minimum absolute atomic E-state index is 0.157. The molecule has 0 saturated heterocycles. The van der Waals surface area contributed by atoms with Gasteiger partial charge in [-0.05, 0) is 36.8 Å². The Balaban J connectivity index is 2.39. The van der Waals surface area contributed by atoms with Gasteiger partial charge in [-0.3, -0.25) is 4.79 Å². The fourth-order valence-electron chi connectivity index (χ4n) is 2.35. The Morgan fingerprint density at radius 3 is 2.35 bits per heavy atom. The van der Waals surface area contributed by atoms with Crippen LogP contribution in [0.1, 0.15) is 22.9 Å². The minimum Gasteiger partial charge on any atom is -0.493 e. The molecule has 1 N–H and O–H groups in total. The smallest absolute Gasteiger partial charge is 0.307 e. The quantitative estimate of drug-likeness (QED) is 0.686. The van der Waals surface area contributed by atoms with Crippen LogP contribution in [0.2, 0.25) is 0 Å². The molecule has 0 aliphatic heterocycles. The molecule has 0 radical (unpaired) electrons. The Bertz CT molecular complexity index is 875. The molecular weight excluding hydrogens is 378 g/mol. The zero-order chi connectivity index (χ0) is 19.3. The topological polar surface area (TPSA) is 90.9 Å². The normalized spacial score (nSPS) is 12.5. The SMILES string of the molecule is COC(=O)C[C@H](NS(=O)(=O)c1ccc(C)s1)c1ccc(OC)c(OC)c1. The van der Waals surface area contributed by atoms with Gasteiger partial charge in [0.1, 0.15) is 4.21 Å². The van der Waals surface area contributed by atoms with Gasteiger partial charge in [0.25, 0.3) is 10.0 Å². The van der Waals surface area contributed by atoms with Gasteiger partial charge in [0, 0.05) is 4.88 Å². The highest BCUT2D eigenvalue weighted by molar-refractivity contribution is 7.91. The molecule has 9 heteroatoms. The van der Waals surface area contributed by atoms with Crippen LogP contribution in [0.5, 0.6) is 11.5 Å². The summed E-state index contributed by atoms with van der Waals surface area (Å²) in [7, 11) is 0.455. The number of hydrogen-bond acceptors (Lipinski definition) is 7. The highest BCUT2D eigenvalue weighted by Gasteiger charge is 2.26. The average Bonchev–Trinajstić information content (AvgIpc) is 3.07. The molecule has 1 aromatic heterocycles. The third-order valence-corrected chi connectivity index (χ3v) is 6.65. The van der Waals surface area contributed by atoms with Crippen LogP contribution in [0.4, 0.5) is 0 Å². The summed E-state index contributed by atoms with van der Waals surface area (Å²) >= 11 is 1.16. The van der Waals surface area contributed by atoms with E-state index in [1.165, 1.54) is 27.4 Å². The van der Waals surface area contributed by atoms with Crippen molar-refractivity contribution in [3.05, 3.63) is 40.8 Å². The van der Waals surface area contributed by atoms with Crippen molar-refractivity contribution < 1.29 is 27.4 Å². The molecule has 0 amide bonds. The van der Waals surface area contributed by atoms with Crippen molar-refractivity contribution in [3.8, 4) is 11.5 Å². The molecular formula is C17H21NO6S2. The number of carbonyl (C=O) groups is 1. The molecule has 0 unspecified atom stereocenters. The molecule has 26 heavy (non-hydrogen) atoms. The van der Waals surface area contributed by atoms with Crippen molar-refractivity contribution in [2.24, 2.45) is 0 Å². The molecule has 1 aromatic carbocycles. The first-order chi connectivity index (χ1) is 12.3. The standard InChI is InChI=1S/C17H21NO6S2/c1-11-5-8-17(25-11)26(20,21)18-13(10-16(19)24-4)12-6-7-14(22-2)15(9-12)23-3/h5-9,13,18H,10H2,1-4H3/t13-/m0/s1. The lowest BCUT2D eigenvalue weighted by atomic mass is 10.0. The van der Waals surface area contributed by atoms with E-state index < -0.39 is 22.0 Å². The van der Waals surface area contributed by atoms with Crippen LogP contribution in [-0.2, 0) is 19.6 Å². The van der Waals surface area contributed by atoms with Gasteiger partial charge < -0.3 is 14.2 Å². The number of ether oxygens (including phenoxy) is 3. The van der Waals surface area contributed by atoms with Crippen LogP contribution in [-0.4, -0.2) is 35.7 Å². The van der Waals surface area contributed by atoms with Crippen LogP contribution in [0.3, 0.4) is 0 Å². The number of nitrogens with one attached hydrogen (secondary N) is 1. The number of methoxy groups -OCH3 is 3. The second-order valence-electron chi connectivity index (χ2n) is 5.43. The third-order valence-electron chi connectivity index (χ3n) is 3.69. The van der Waals surface area contributed by atoms with Gasteiger partial charge in [-0.2, -0.15) is 0 Å². The van der Waals surface area contributed by atoms with Gasteiger partial charge >= 0.3 is 5.97 Å². The molecule has 0 bridgehead atoms. The van der Waals surface area contributed by atoms with E-state index in [0.717, 1.165) is 16.2 Å². The van der Waals surface area contributed by atoms with E-state index >= 15 is 0 Å². The summed E-state index contributed by atoms with van der Waals surface area (Å²) in [4.78, 5) is 12.7. The zero-order valence-electron chi connectivity index (χ0n) is 14.9. The molecule has 7 nitrogen and oxygen atoms in total. The third kappa shape index (κ3) is 4.75. The zero-order valence-corrected chi connectivity index (χ0v) is 16.6. The molecule has 0 spiro atoms. The van der Waals surface area contributed by atoms with E-state index in [1.807, 2.05) is 6.92 Å². The van der Waals surface area contributed by atoms with Crippen molar-refractivity contribution in [3.63, 3.8) is 0 Å². The molecule has 0 saturated carbocycles. The van der Waals surface area contributed by atoms with Crippen LogP contribution < -0.4 is 14.2 Å². The van der Waals surface area contributed by atoms with Crippen LogP contribution in [0.15, 0.2) is 34.5 Å². The first-order valence-corrected chi connectivity index (χ1v) is 9.98. The molecule has 0 aliphatic carbocycles. The second-order valence-corrected chi connectivity index (χ2v) is 8.66. The summed E-state index contributed by atoms with van der Waals surface area (Å²) in [6.45, 7) is 1.82. The largest absolute Gasteiger partial charge is 0.493 e. The number of aryl methyl sites for hydroxylation is 1. The molecule has 2 rings (SSSR count). The van der Waals surface area contributed by atoms with Crippen molar-refractivity contribution in [2.75, 3.05) is 21.3 Å². The number of rotatable bonds is 8. The summed E-state index contributed by atoms with van der Waals surface area (Å²) in [6.07, 6.45) is -0.157. The number of carbonyl (C=O) groups excluding carboxylic acids is 1. The number of thiophene rings is 1. The van der Waals surface area contributed by atoms with Crippen LogP contribution in [0.25, 0.3) is 0 Å². The predicted molar refractivity (Wildman–Crippen MR) is 98.3 cm³/mol. The minimum atomic E-state index is -3.79. The predicted octanol–water partition coefficient (Wildman–Crippen LogP) is 2.66. The van der Waals surface area contributed by atoms with Crippen LogP contribution >= 0.6 is 11.3 Å². The second kappa shape index (κ2) is 8.52. The molecule has 2 aromatic rings. The van der Waals surface area contributed by atoms with E-state index in [1.54, 1.807) is 24.3 Å². The Labute approximate surface area is 156 Å². The fourth-order valence-corrected chi connectivity index (χ4v) is 4.87.